The quantitative estimate of drug-likeness (QED) is 0.186. The molecular weight excluding hydrogens is 540 g/mol. The summed E-state index contributed by atoms with van der Waals surface area (Å²) < 4.78 is 0. The van der Waals surface area contributed by atoms with E-state index in [4.69, 9.17) is 0 Å². The van der Waals surface area contributed by atoms with Crippen molar-refractivity contribution in [3.63, 3.8) is 0 Å². The summed E-state index contributed by atoms with van der Waals surface area (Å²) in [6.45, 7) is 18.2. The van der Waals surface area contributed by atoms with Gasteiger partial charge in [0.15, 0.2) is 0 Å². The fraction of sp³-hybridized carbons (Fsp3) is 0.244. The van der Waals surface area contributed by atoms with Gasteiger partial charge in [0.25, 0.3) is 0 Å². The van der Waals surface area contributed by atoms with Crippen molar-refractivity contribution < 1.29 is 0 Å². The number of hydrogen-bond acceptors (Lipinski definition) is 0. The van der Waals surface area contributed by atoms with Crippen molar-refractivity contribution >= 4 is 29.0 Å². The summed E-state index contributed by atoms with van der Waals surface area (Å²) >= 11 is 0. The van der Waals surface area contributed by atoms with E-state index in [2.05, 4.69) is 171 Å². The zero-order valence-corrected chi connectivity index (χ0v) is 28.3. The minimum atomic E-state index is 0.0992. The lowest BCUT2D eigenvalue weighted by atomic mass is 9.68. The van der Waals surface area contributed by atoms with Crippen molar-refractivity contribution in [2.24, 2.45) is 5.41 Å². The predicted octanol–water partition coefficient (Wildman–Crippen LogP) is 13.4. The maximum Gasteiger partial charge on any atom is -0.00920 e. The molecule has 5 aromatic carbocycles. The largest absolute Gasteiger partial charge is 0.0870 e. The lowest BCUT2D eigenvalue weighted by molar-refractivity contribution is 0.392. The van der Waals surface area contributed by atoms with E-state index >= 15 is 0 Å². The van der Waals surface area contributed by atoms with Crippen LogP contribution in [0, 0.1) is 26.2 Å². The molecule has 0 aliphatic heterocycles. The van der Waals surface area contributed by atoms with Gasteiger partial charge in [0.05, 0.1) is 0 Å². The van der Waals surface area contributed by atoms with Gasteiger partial charge in [-0.25, -0.2) is 0 Å². The smallest absolute Gasteiger partial charge is 0.00920 e. The van der Waals surface area contributed by atoms with Gasteiger partial charge in [-0.2, -0.15) is 0 Å². The van der Waals surface area contributed by atoms with Crippen molar-refractivity contribution in [1.82, 2.24) is 0 Å². The van der Waals surface area contributed by atoms with Gasteiger partial charge < -0.3 is 0 Å². The third kappa shape index (κ3) is 5.53. The van der Waals surface area contributed by atoms with E-state index in [0.717, 1.165) is 6.42 Å². The van der Waals surface area contributed by atoms with Crippen LogP contribution in [-0.2, 0) is 0 Å². The van der Waals surface area contributed by atoms with Crippen LogP contribution in [0.25, 0.3) is 62.4 Å². The van der Waals surface area contributed by atoms with Gasteiger partial charge in [-0.3, -0.25) is 0 Å². The van der Waals surface area contributed by atoms with Crippen LogP contribution < -0.4 is 0 Å². The lowest BCUT2D eigenvalue weighted by Crippen LogP contribution is -2.22. The maximum absolute atomic E-state index is 2.46. The third-order valence-corrected chi connectivity index (χ3v) is 10.1. The first-order valence-corrected chi connectivity index (χ1v) is 16.5. The molecule has 226 valence electrons. The summed E-state index contributed by atoms with van der Waals surface area (Å²) in [5, 5.41) is 2.65. The molecular formula is C45H46. The van der Waals surface area contributed by atoms with E-state index in [0.29, 0.717) is 5.92 Å². The Morgan fingerprint density at radius 3 is 2.20 bits per heavy atom. The third-order valence-electron chi connectivity index (χ3n) is 10.1. The number of fused-ring (bicyclic) bond motifs is 3. The number of allylic oxidation sites excluding steroid dienone is 3. The molecule has 1 atom stereocenters. The highest BCUT2D eigenvalue weighted by atomic mass is 14.4. The number of benzene rings is 5. The molecule has 0 aromatic heterocycles. The van der Waals surface area contributed by atoms with Gasteiger partial charge in [0.1, 0.15) is 0 Å². The van der Waals surface area contributed by atoms with Gasteiger partial charge in [-0.05, 0) is 141 Å². The summed E-state index contributed by atoms with van der Waals surface area (Å²) in [6.07, 6.45) is 15.0. The van der Waals surface area contributed by atoms with E-state index < -0.39 is 0 Å². The molecule has 0 N–H and O–H groups in total. The second-order valence-electron chi connectivity index (χ2n) is 13.5. The lowest BCUT2D eigenvalue weighted by Gasteiger charge is -2.36. The Kier molecular flexibility index (Phi) is 8.27. The van der Waals surface area contributed by atoms with Crippen LogP contribution in [0.1, 0.15) is 85.9 Å². The highest BCUT2D eigenvalue weighted by Gasteiger charge is 2.32. The molecule has 0 saturated carbocycles. The predicted molar refractivity (Wildman–Crippen MR) is 200 cm³/mol. The van der Waals surface area contributed by atoms with Gasteiger partial charge >= 0.3 is 0 Å². The summed E-state index contributed by atoms with van der Waals surface area (Å²) in [5.41, 5.74) is 17.2. The van der Waals surface area contributed by atoms with Gasteiger partial charge in [-0.15, -0.1) is 0 Å². The highest BCUT2D eigenvalue weighted by Crippen LogP contribution is 2.49. The summed E-state index contributed by atoms with van der Waals surface area (Å²) in [5.74, 6) is 0.409. The summed E-state index contributed by atoms with van der Waals surface area (Å²) in [4.78, 5) is 0. The van der Waals surface area contributed by atoms with Crippen molar-refractivity contribution in [2.45, 2.75) is 67.7 Å². The Morgan fingerprint density at radius 2 is 1.47 bits per heavy atom. The number of aryl methyl sites for hydroxylation is 2. The first kappa shape index (κ1) is 30.6. The fourth-order valence-corrected chi connectivity index (χ4v) is 7.09. The van der Waals surface area contributed by atoms with E-state index in [1.54, 1.807) is 0 Å². The zero-order valence-electron chi connectivity index (χ0n) is 28.3. The van der Waals surface area contributed by atoms with Gasteiger partial charge in [-0.1, -0.05) is 130 Å². The second kappa shape index (κ2) is 12.2. The van der Waals surface area contributed by atoms with Crippen molar-refractivity contribution in [3.8, 4) is 33.4 Å². The molecule has 5 aromatic rings. The van der Waals surface area contributed by atoms with Gasteiger partial charge in [0, 0.05) is 0 Å². The molecule has 0 radical (unpaired) electrons. The Morgan fingerprint density at radius 1 is 0.711 bits per heavy atom. The number of rotatable bonds is 6. The molecule has 1 aliphatic rings. The minimum Gasteiger partial charge on any atom is -0.0870 e. The molecule has 6 rings (SSSR count). The van der Waals surface area contributed by atoms with Crippen molar-refractivity contribution in [1.29, 1.82) is 0 Å². The molecule has 0 spiro atoms. The van der Waals surface area contributed by atoms with E-state index in [1.165, 1.54) is 83.1 Å². The van der Waals surface area contributed by atoms with E-state index in [9.17, 15) is 0 Å². The van der Waals surface area contributed by atoms with E-state index in [1.807, 2.05) is 0 Å². The molecule has 0 bridgehead atoms. The van der Waals surface area contributed by atoms with Crippen LogP contribution in [0.5, 0.6) is 0 Å². The minimum absolute atomic E-state index is 0.0992. The maximum atomic E-state index is 2.46. The molecule has 0 saturated heterocycles. The Labute approximate surface area is 270 Å². The van der Waals surface area contributed by atoms with Crippen LogP contribution in [0.15, 0.2) is 97.1 Å². The molecule has 1 aliphatic carbocycles. The summed E-state index contributed by atoms with van der Waals surface area (Å²) in [7, 11) is 0. The zero-order chi connectivity index (χ0) is 31.9. The SMILES string of the molecule is C/C=C\c1c2c(c3ccc(-c4cc(-c5ccccc5)cc(-c5cc(C)ccc5C)c4C)cc3c1/C=C\CC)C=CC(C)(C)C2C. The van der Waals surface area contributed by atoms with Gasteiger partial charge in [0.2, 0.25) is 0 Å². The molecule has 0 nitrogen and oxygen atoms in total. The topological polar surface area (TPSA) is 0 Å². The molecule has 1 unspecified atom stereocenters. The van der Waals surface area contributed by atoms with Crippen molar-refractivity contribution in [3.05, 3.63) is 136 Å². The second-order valence-corrected chi connectivity index (χ2v) is 13.5. The van der Waals surface area contributed by atoms with Crippen LogP contribution in [0.2, 0.25) is 0 Å². The summed E-state index contributed by atoms with van der Waals surface area (Å²) in [6, 6.07) is 29.6. The molecule has 0 amide bonds. The fourth-order valence-electron chi connectivity index (χ4n) is 7.09. The van der Waals surface area contributed by atoms with Crippen LogP contribution in [0.4, 0.5) is 0 Å². The standard InChI is InChI=1S/C45H46/c1-9-11-18-36-38(15-10-2)44-32(6)45(7,8)24-23-39(44)37-22-21-34(26-43(36)37)41-27-35(33-16-13-12-14-17-33)28-42(31(41)5)40-25-29(3)19-20-30(40)4/h10-28,32H,9H2,1-8H3/b15-10-,18-11-. The molecule has 45 heavy (non-hydrogen) atoms. The van der Waals surface area contributed by atoms with Crippen LogP contribution in [0.3, 0.4) is 0 Å². The molecule has 0 heterocycles. The Balaban J connectivity index is 1.68. The average molecular weight is 587 g/mol. The Bertz CT molecular complexity index is 1990. The molecule has 0 fully saturated rings. The van der Waals surface area contributed by atoms with E-state index in [-0.39, 0.29) is 5.41 Å². The average Bonchev–Trinajstić information content (AvgIpc) is 3.04. The first-order valence-electron chi connectivity index (χ1n) is 16.5. The van der Waals surface area contributed by atoms with Crippen molar-refractivity contribution in [2.75, 3.05) is 0 Å². The number of hydrogen-bond donors (Lipinski definition) is 0. The van der Waals surface area contributed by atoms with Crippen LogP contribution in [-0.4, -0.2) is 0 Å². The Hall–Kier alpha value is -4.42. The van der Waals surface area contributed by atoms with Crippen LogP contribution >= 0.6 is 0 Å². The highest BCUT2D eigenvalue weighted by molar-refractivity contribution is 6.04. The normalized spacial score (nSPS) is 15.8. The first-order chi connectivity index (χ1) is 21.6. The monoisotopic (exact) mass is 586 g/mol. The molecule has 0 heteroatoms.